The average molecular weight is 290 g/mol. The van der Waals surface area contributed by atoms with Gasteiger partial charge in [-0.15, -0.1) is 0 Å². The molecule has 1 aliphatic heterocycles. The SMILES string of the molecule is Cc1ccccc1OCC(=O)N1C[C@@H](C(N)=O)CC[C@@H]1C. The van der Waals surface area contributed by atoms with Gasteiger partial charge in [0.2, 0.25) is 5.91 Å². The van der Waals surface area contributed by atoms with E-state index in [1.807, 2.05) is 38.1 Å². The number of piperidine rings is 1. The zero-order chi connectivity index (χ0) is 15.4. The van der Waals surface area contributed by atoms with Crippen LogP contribution in [-0.4, -0.2) is 35.9 Å². The first-order valence-corrected chi connectivity index (χ1v) is 7.26. The molecular weight excluding hydrogens is 268 g/mol. The van der Waals surface area contributed by atoms with Crippen LogP contribution in [0.3, 0.4) is 0 Å². The van der Waals surface area contributed by atoms with Crippen molar-refractivity contribution in [3.05, 3.63) is 29.8 Å². The normalized spacial score (nSPS) is 21.9. The summed E-state index contributed by atoms with van der Waals surface area (Å²) in [4.78, 5) is 25.3. The molecule has 0 aliphatic carbocycles. The third-order valence-electron chi connectivity index (χ3n) is 4.05. The van der Waals surface area contributed by atoms with Gasteiger partial charge in [-0.05, 0) is 38.3 Å². The summed E-state index contributed by atoms with van der Waals surface area (Å²) < 4.78 is 5.59. The Morgan fingerprint density at radius 1 is 1.33 bits per heavy atom. The Kier molecular flexibility index (Phi) is 4.83. The molecule has 2 atom stereocenters. The van der Waals surface area contributed by atoms with E-state index in [1.165, 1.54) is 0 Å². The molecule has 1 aromatic carbocycles. The van der Waals surface area contributed by atoms with E-state index >= 15 is 0 Å². The van der Waals surface area contributed by atoms with Gasteiger partial charge >= 0.3 is 0 Å². The second kappa shape index (κ2) is 6.61. The topological polar surface area (TPSA) is 72.6 Å². The fraction of sp³-hybridized carbons (Fsp3) is 0.500. The van der Waals surface area contributed by atoms with Crippen LogP contribution in [0.1, 0.15) is 25.3 Å². The summed E-state index contributed by atoms with van der Waals surface area (Å²) in [7, 11) is 0. The fourth-order valence-corrected chi connectivity index (χ4v) is 2.63. The first-order chi connectivity index (χ1) is 9.99. The van der Waals surface area contributed by atoms with E-state index in [0.717, 1.165) is 18.4 Å². The van der Waals surface area contributed by atoms with Gasteiger partial charge in [0.1, 0.15) is 5.75 Å². The van der Waals surface area contributed by atoms with Crippen LogP contribution in [0.15, 0.2) is 24.3 Å². The number of aryl methyl sites for hydroxylation is 1. The second-order valence-corrected chi connectivity index (χ2v) is 5.63. The highest BCUT2D eigenvalue weighted by Crippen LogP contribution is 2.22. The van der Waals surface area contributed by atoms with Crippen LogP contribution in [0.25, 0.3) is 0 Å². The third kappa shape index (κ3) is 3.74. The van der Waals surface area contributed by atoms with Crippen molar-refractivity contribution in [1.29, 1.82) is 0 Å². The number of carbonyl (C=O) groups excluding carboxylic acids is 2. The third-order valence-corrected chi connectivity index (χ3v) is 4.05. The number of nitrogens with zero attached hydrogens (tertiary/aromatic N) is 1. The first kappa shape index (κ1) is 15.4. The Balaban J connectivity index is 1.95. The maximum absolute atomic E-state index is 12.3. The second-order valence-electron chi connectivity index (χ2n) is 5.63. The highest BCUT2D eigenvalue weighted by Gasteiger charge is 2.31. The minimum Gasteiger partial charge on any atom is -0.484 e. The predicted octanol–water partition coefficient (Wildman–Crippen LogP) is 1.49. The molecule has 0 saturated carbocycles. The van der Waals surface area contributed by atoms with Gasteiger partial charge in [-0.3, -0.25) is 9.59 Å². The number of primary amides is 1. The van der Waals surface area contributed by atoms with Crippen molar-refractivity contribution < 1.29 is 14.3 Å². The number of amides is 2. The molecule has 114 valence electrons. The summed E-state index contributed by atoms with van der Waals surface area (Å²) in [5.41, 5.74) is 6.34. The predicted molar refractivity (Wildman–Crippen MR) is 79.8 cm³/mol. The Morgan fingerprint density at radius 3 is 2.71 bits per heavy atom. The summed E-state index contributed by atoms with van der Waals surface area (Å²) in [5.74, 6) is 0.0294. The lowest BCUT2D eigenvalue weighted by Crippen LogP contribution is -2.50. The van der Waals surface area contributed by atoms with Crippen molar-refractivity contribution in [2.75, 3.05) is 13.2 Å². The van der Waals surface area contributed by atoms with E-state index in [0.29, 0.717) is 12.3 Å². The molecule has 21 heavy (non-hydrogen) atoms. The lowest BCUT2D eigenvalue weighted by Gasteiger charge is -2.36. The lowest BCUT2D eigenvalue weighted by molar-refractivity contribution is -0.139. The van der Waals surface area contributed by atoms with Crippen molar-refractivity contribution in [2.24, 2.45) is 11.7 Å². The Bertz CT molecular complexity index is 530. The largest absolute Gasteiger partial charge is 0.484 e. The average Bonchev–Trinajstić information content (AvgIpc) is 2.46. The molecule has 0 spiro atoms. The monoisotopic (exact) mass is 290 g/mol. The quantitative estimate of drug-likeness (QED) is 0.913. The molecule has 2 rings (SSSR count). The first-order valence-electron chi connectivity index (χ1n) is 7.26. The molecule has 1 aromatic rings. The molecule has 1 fully saturated rings. The fourth-order valence-electron chi connectivity index (χ4n) is 2.63. The van der Waals surface area contributed by atoms with Gasteiger partial charge in [0.15, 0.2) is 6.61 Å². The zero-order valence-electron chi connectivity index (χ0n) is 12.5. The number of ether oxygens (including phenoxy) is 1. The number of hydrogen-bond acceptors (Lipinski definition) is 3. The number of benzene rings is 1. The number of rotatable bonds is 4. The van der Waals surface area contributed by atoms with Crippen molar-refractivity contribution in [3.63, 3.8) is 0 Å². The van der Waals surface area contributed by atoms with Crippen molar-refractivity contribution in [3.8, 4) is 5.75 Å². The maximum Gasteiger partial charge on any atom is 0.260 e. The van der Waals surface area contributed by atoms with Gasteiger partial charge < -0.3 is 15.4 Å². The molecule has 1 aliphatic rings. The molecule has 2 N–H and O–H groups in total. The molecule has 1 saturated heterocycles. The summed E-state index contributed by atoms with van der Waals surface area (Å²) in [6.45, 7) is 4.31. The highest BCUT2D eigenvalue weighted by molar-refractivity contribution is 5.81. The van der Waals surface area contributed by atoms with Crippen LogP contribution >= 0.6 is 0 Å². The van der Waals surface area contributed by atoms with Gasteiger partial charge in [0, 0.05) is 12.6 Å². The maximum atomic E-state index is 12.3. The number of para-hydroxylation sites is 1. The number of carbonyl (C=O) groups is 2. The van der Waals surface area contributed by atoms with E-state index in [4.69, 9.17) is 10.5 Å². The molecule has 1 heterocycles. The van der Waals surface area contributed by atoms with Crippen LogP contribution in [0.5, 0.6) is 5.75 Å². The molecule has 0 bridgehead atoms. The number of nitrogens with two attached hydrogens (primary N) is 1. The minimum atomic E-state index is -0.334. The van der Waals surface area contributed by atoms with Crippen LogP contribution < -0.4 is 10.5 Å². The molecule has 2 amide bonds. The Labute approximate surface area is 125 Å². The van der Waals surface area contributed by atoms with E-state index in [2.05, 4.69) is 0 Å². The van der Waals surface area contributed by atoms with Gasteiger partial charge in [-0.25, -0.2) is 0 Å². The van der Waals surface area contributed by atoms with Gasteiger partial charge in [-0.1, -0.05) is 18.2 Å². The van der Waals surface area contributed by atoms with Crippen LogP contribution in [-0.2, 0) is 9.59 Å². The summed E-state index contributed by atoms with van der Waals surface area (Å²) in [6, 6.07) is 7.70. The van der Waals surface area contributed by atoms with Crippen LogP contribution in [0, 0.1) is 12.8 Å². The van der Waals surface area contributed by atoms with E-state index < -0.39 is 0 Å². The molecule has 5 heteroatoms. The molecule has 0 unspecified atom stereocenters. The molecule has 5 nitrogen and oxygen atoms in total. The lowest BCUT2D eigenvalue weighted by atomic mass is 9.93. The van der Waals surface area contributed by atoms with Crippen molar-refractivity contribution >= 4 is 11.8 Å². The van der Waals surface area contributed by atoms with E-state index in [9.17, 15) is 9.59 Å². The van der Waals surface area contributed by atoms with Crippen LogP contribution in [0.4, 0.5) is 0 Å². The van der Waals surface area contributed by atoms with Crippen molar-refractivity contribution in [1.82, 2.24) is 4.90 Å². The summed E-state index contributed by atoms with van der Waals surface area (Å²) in [5, 5.41) is 0. The van der Waals surface area contributed by atoms with Crippen molar-refractivity contribution in [2.45, 2.75) is 32.7 Å². The standard InChI is InChI=1S/C16H22N2O3/c1-11-5-3-4-6-14(11)21-10-15(19)18-9-13(16(17)20)8-7-12(18)2/h3-6,12-13H,7-10H2,1-2H3,(H2,17,20)/t12-,13-/m0/s1. The Morgan fingerprint density at radius 2 is 2.05 bits per heavy atom. The Hall–Kier alpha value is -2.04. The van der Waals surface area contributed by atoms with Gasteiger partial charge in [-0.2, -0.15) is 0 Å². The summed E-state index contributed by atoms with van der Waals surface area (Å²) in [6.07, 6.45) is 1.54. The molecular formula is C16H22N2O3. The number of hydrogen-bond donors (Lipinski definition) is 1. The number of likely N-dealkylation sites (tertiary alicyclic amines) is 1. The van der Waals surface area contributed by atoms with Gasteiger partial charge in [0.05, 0.1) is 5.92 Å². The minimum absolute atomic E-state index is 0.0132. The molecule has 0 radical (unpaired) electrons. The summed E-state index contributed by atoms with van der Waals surface area (Å²) >= 11 is 0. The molecule has 0 aromatic heterocycles. The van der Waals surface area contributed by atoms with Gasteiger partial charge in [0.25, 0.3) is 5.91 Å². The highest BCUT2D eigenvalue weighted by atomic mass is 16.5. The zero-order valence-corrected chi connectivity index (χ0v) is 12.5. The van der Waals surface area contributed by atoms with E-state index in [-0.39, 0.29) is 30.4 Å². The smallest absolute Gasteiger partial charge is 0.260 e. The van der Waals surface area contributed by atoms with E-state index in [1.54, 1.807) is 4.90 Å². The van der Waals surface area contributed by atoms with Crippen LogP contribution in [0.2, 0.25) is 0 Å².